The predicted molar refractivity (Wildman–Crippen MR) is 105 cm³/mol. The second-order valence-electron chi connectivity index (χ2n) is 5.91. The molecule has 4 nitrogen and oxygen atoms in total. The Hall–Kier alpha value is -2.39. The molecule has 0 aliphatic rings. The summed E-state index contributed by atoms with van der Waals surface area (Å²) in [5.41, 5.74) is 1.13. The highest BCUT2D eigenvalue weighted by molar-refractivity contribution is 7.99. The van der Waals surface area contributed by atoms with Crippen molar-refractivity contribution in [2.75, 3.05) is 11.1 Å². The minimum absolute atomic E-state index is 0.149. The molecule has 2 heterocycles. The number of anilines is 1. The van der Waals surface area contributed by atoms with E-state index in [1.54, 1.807) is 18.6 Å². The van der Waals surface area contributed by atoms with Crippen molar-refractivity contribution in [2.24, 2.45) is 0 Å². The smallest absolute Gasteiger partial charge is 0.301 e. The summed E-state index contributed by atoms with van der Waals surface area (Å²) in [5.74, 6) is 0.838. The maximum absolute atomic E-state index is 12.6. The van der Waals surface area contributed by atoms with E-state index in [0.29, 0.717) is 23.1 Å². The summed E-state index contributed by atoms with van der Waals surface area (Å²) in [6.45, 7) is 0. The normalized spacial score (nSPS) is 11.4. The van der Waals surface area contributed by atoms with Crippen LogP contribution in [-0.4, -0.2) is 21.6 Å². The van der Waals surface area contributed by atoms with Crippen molar-refractivity contribution in [3.05, 3.63) is 76.6 Å². The van der Waals surface area contributed by atoms with E-state index in [-0.39, 0.29) is 5.91 Å². The molecule has 9 heteroatoms. The van der Waals surface area contributed by atoms with Gasteiger partial charge in [-0.15, -0.1) is 23.1 Å². The Balaban J connectivity index is 1.47. The molecular formula is C19H16F3N3OS2. The summed E-state index contributed by atoms with van der Waals surface area (Å²) in [4.78, 5) is 21.1. The van der Waals surface area contributed by atoms with Crippen LogP contribution in [0.25, 0.3) is 0 Å². The zero-order valence-electron chi connectivity index (χ0n) is 14.6. The molecule has 0 radical (unpaired) electrons. The highest BCUT2D eigenvalue weighted by atomic mass is 32.2. The first-order valence-corrected chi connectivity index (χ1v) is 10.2. The van der Waals surface area contributed by atoms with Crippen molar-refractivity contribution >= 4 is 34.1 Å². The standard InChI is InChI=1S/C19H16F3N3OS2/c20-19(21,22)15-5-3-13(4-6-15)8-16-10-24-18(28-16)25-17(26)12-27-11-14-2-1-7-23-9-14/h1-7,9-10H,8,11-12H2,(H,24,25,26). The number of amides is 1. The van der Waals surface area contributed by atoms with E-state index in [0.717, 1.165) is 28.1 Å². The zero-order chi connectivity index (χ0) is 20.0. The third-order valence-corrected chi connectivity index (χ3v) is 5.60. The number of carbonyl (C=O) groups excluding carboxylic acids is 1. The van der Waals surface area contributed by atoms with Crippen molar-refractivity contribution in [1.82, 2.24) is 9.97 Å². The molecule has 1 N–H and O–H groups in total. The van der Waals surface area contributed by atoms with E-state index in [1.807, 2.05) is 12.1 Å². The van der Waals surface area contributed by atoms with Crippen LogP contribution in [0.3, 0.4) is 0 Å². The van der Waals surface area contributed by atoms with Gasteiger partial charge in [-0.05, 0) is 29.3 Å². The van der Waals surface area contributed by atoms with Crippen molar-refractivity contribution in [1.29, 1.82) is 0 Å². The van der Waals surface area contributed by atoms with Crippen LogP contribution in [0.2, 0.25) is 0 Å². The molecule has 146 valence electrons. The van der Waals surface area contributed by atoms with E-state index in [1.165, 1.54) is 35.2 Å². The molecule has 2 aromatic heterocycles. The summed E-state index contributed by atoms with van der Waals surface area (Å²) in [7, 11) is 0. The third kappa shape index (κ3) is 6.07. The lowest BCUT2D eigenvalue weighted by Gasteiger charge is -2.06. The van der Waals surface area contributed by atoms with Crippen molar-refractivity contribution in [2.45, 2.75) is 18.3 Å². The quantitative estimate of drug-likeness (QED) is 0.580. The number of thiazole rings is 1. The number of hydrogen-bond donors (Lipinski definition) is 1. The number of hydrogen-bond acceptors (Lipinski definition) is 5. The predicted octanol–water partition coefficient (Wildman–Crippen LogP) is 5.02. The molecule has 0 aliphatic carbocycles. The number of nitrogens with zero attached hydrogens (tertiary/aromatic N) is 2. The highest BCUT2D eigenvalue weighted by Gasteiger charge is 2.29. The lowest BCUT2D eigenvalue weighted by atomic mass is 10.1. The molecule has 0 atom stereocenters. The van der Waals surface area contributed by atoms with Crippen LogP contribution in [0.15, 0.2) is 55.0 Å². The van der Waals surface area contributed by atoms with E-state index < -0.39 is 11.7 Å². The van der Waals surface area contributed by atoms with Gasteiger partial charge >= 0.3 is 6.18 Å². The summed E-state index contributed by atoms with van der Waals surface area (Å²) in [6, 6.07) is 8.85. The molecule has 3 rings (SSSR count). The van der Waals surface area contributed by atoms with E-state index in [4.69, 9.17) is 0 Å². The van der Waals surface area contributed by atoms with Crippen LogP contribution in [0.4, 0.5) is 18.3 Å². The number of aromatic nitrogens is 2. The Labute approximate surface area is 168 Å². The lowest BCUT2D eigenvalue weighted by molar-refractivity contribution is -0.137. The SMILES string of the molecule is O=C(CSCc1cccnc1)Nc1ncc(Cc2ccc(C(F)(F)F)cc2)s1. The first-order chi connectivity index (χ1) is 13.4. The third-order valence-electron chi connectivity index (χ3n) is 3.68. The summed E-state index contributed by atoms with van der Waals surface area (Å²) in [5, 5.41) is 3.23. The van der Waals surface area contributed by atoms with Crippen LogP contribution in [0.1, 0.15) is 21.6 Å². The maximum Gasteiger partial charge on any atom is 0.416 e. The molecule has 1 aromatic carbocycles. The summed E-state index contributed by atoms with van der Waals surface area (Å²) in [6.07, 6.45) is 1.21. The van der Waals surface area contributed by atoms with E-state index in [9.17, 15) is 18.0 Å². The van der Waals surface area contributed by atoms with Gasteiger partial charge in [-0.1, -0.05) is 18.2 Å². The highest BCUT2D eigenvalue weighted by Crippen LogP contribution is 2.30. The monoisotopic (exact) mass is 423 g/mol. The second kappa shape index (κ2) is 9.20. The van der Waals surface area contributed by atoms with Crippen molar-refractivity contribution in [3.63, 3.8) is 0 Å². The van der Waals surface area contributed by atoms with Crippen LogP contribution >= 0.6 is 23.1 Å². The molecule has 0 bridgehead atoms. The topological polar surface area (TPSA) is 54.9 Å². The van der Waals surface area contributed by atoms with Gasteiger partial charge in [0, 0.05) is 35.6 Å². The largest absolute Gasteiger partial charge is 0.416 e. The van der Waals surface area contributed by atoms with Crippen LogP contribution in [0.5, 0.6) is 0 Å². The Morgan fingerprint density at radius 3 is 2.57 bits per heavy atom. The molecular weight excluding hydrogens is 407 g/mol. The van der Waals surface area contributed by atoms with Crippen LogP contribution in [0, 0.1) is 0 Å². The fourth-order valence-corrected chi connectivity index (χ4v) is 3.99. The van der Waals surface area contributed by atoms with Gasteiger partial charge in [-0.25, -0.2) is 4.98 Å². The average Bonchev–Trinajstić information content (AvgIpc) is 3.09. The van der Waals surface area contributed by atoms with Gasteiger partial charge < -0.3 is 5.32 Å². The van der Waals surface area contributed by atoms with Gasteiger partial charge in [0.25, 0.3) is 0 Å². The number of alkyl halides is 3. The first kappa shape index (κ1) is 20.3. The fourth-order valence-electron chi connectivity index (χ4n) is 2.36. The molecule has 28 heavy (non-hydrogen) atoms. The lowest BCUT2D eigenvalue weighted by Crippen LogP contribution is -2.13. The summed E-state index contributed by atoms with van der Waals surface area (Å²) >= 11 is 2.79. The van der Waals surface area contributed by atoms with Crippen LogP contribution in [-0.2, 0) is 23.1 Å². The molecule has 0 saturated carbocycles. The molecule has 3 aromatic rings. The number of thioether (sulfide) groups is 1. The van der Waals surface area contributed by atoms with Gasteiger partial charge in [-0.3, -0.25) is 9.78 Å². The minimum atomic E-state index is -4.34. The Kier molecular flexibility index (Phi) is 6.69. The average molecular weight is 423 g/mol. The van der Waals surface area contributed by atoms with E-state index in [2.05, 4.69) is 15.3 Å². The van der Waals surface area contributed by atoms with Gasteiger partial charge in [0.1, 0.15) is 0 Å². The number of nitrogens with one attached hydrogen (secondary N) is 1. The molecule has 0 unspecified atom stereocenters. The number of pyridine rings is 1. The zero-order valence-corrected chi connectivity index (χ0v) is 16.2. The molecule has 0 saturated heterocycles. The second-order valence-corrected chi connectivity index (χ2v) is 8.01. The molecule has 0 spiro atoms. The Morgan fingerprint density at radius 2 is 1.89 bits per heavy atom. The maximum atomic E-state index is 12.6. The minimum Gasteiger partial charge on any atom is -0.301 e. The number of rotatable bonds is 7. The number of benzene rings is 1. The van der Waals surface area contributed by atoms with Gasteiger partial charge in [0.15, 0.2) is 5.13 Å². The summed E-state index contributed by atoms with van der Waals surface area (Å²) < 4.78 is 37.8. The molecule has 1 amide bonds. The molecule has 0 aliphatic heterocycles. The molecule has 0 fully saturated rings. The van der Waals surface area contributed by atoms with Gasteiger partial charge in [-0.2, -0.15) is 13.2 Å². The fraction of sp³-hybridized carbons (Fsp3) is 0.211. The van der Waals surface area contributed by atoms with Gasteiger partial charge in [0.2, 0.25) is 5.91 Å². The van der Waals surface area contributed by atoms with Crippen molar-refractivity contribution in [3.8, 4) is 0 Å². The van der Waals surface area contributed by atoms with Gasteiger partial charge in [0.05, 0.1) is 11.3 Å². The Bertz CT molecular complexity index is 912. The Morgan fingerprint density at radius 1 is 1.11 bits per heavy atom. The number of carbonyl (C=O) groups is 1. The van der Waals surface area contributed by atoms with Crippen molar-refractivity contribution < 1.29 is 18.0 Å². The first-order valence-electron chi connectivity index (χ1n) is 8.27. The van der Waals surface area contributed by atoms with Crippen LogP contribution < -0.4 is 5.32 Å². The number of halogens is 3. The van der Waals surface area contributed by atoms with E-state index >= 15 is 0 Å².